The van der Waals surface area contributed by atoms with Crippen molar-refractivity contribution in [2.75, 3.05) is 0 Å². The highest BCUT2D eigenvalue weighted by Gasteiger charge is 2.21. The van der Waals surface area contributed by atoms with Gasteiger partial charge < -0.3 is 8.83 Å². The molecule has 0 saturated heterocycles. The largest absolute Gasteiger partial charge is 0.455 e. The molecular weight excluding hydrogens is 526 g/mol. The summed E-state index contributed by atoms with van der Waals surface area (Å²) in [5, 5.41) is 3.97. The van der Waals surface area contributed by atoms with Crippen molar-refractivity contribution in [3.63, 3.8) is 0 Å². The molecule has 43 heavy (non-hydrogen) atoms. The fourth-order valence-corrected chi connectivity index (χ4v) is 6.15. The number of pyridine rings is 1. The van der Waals surface area contributed by atoms with Gasteiger partial charge in [0.05, 0.1) is 11.9 Å². The van der Waals surface area contributed by atoms with Gasteiger partial charge in [0, 0.05) is 35.4 Å². The zero-order valence-electron chi connectivity index (χ0n) is 26.3. The Kier molecular flexibility index (Phi) is 5.29. The van der Waals surface area contributed by atoms with Gasteiger partial charge in [-0.25, -0.2) is 0 Å². The molecule has 3 heterocycles. The summed E-state index contributed by atoms with van der Waals surface area (Å²) in [6.07, 6.45) is 0.243. The standard InChI is InChI=1S/C40H31NO2/c1-40(2,3)23-25-17-18-30-33-22-34(41-24-36(33)42-35(30)21-25)31-15-10-16-32-37-28(26-11-6-4-7-12-26)19-20-29(39(37)43-38(31)32)27-13-8-5-9-14-27/h4-22,24H,23H2,1-3H3/i23D2. The number of benzene rings is 5. The van der Waals surface area contributed by atoms with Gasteiger partial charge >= 0.3 is 0 Å². The van der Waals surface area contributed by atoms with Crippen LogP contribution in [0.2, 0.25) is 0 Å². The predicted octanol–water partition coefficient (Wildman–Crippen LogP) is 11.5. The first-order chi connectivity index (χ1) is 21.7. The molecule has 0 amide bonds. The first kappa shape index (κ1) is 23.4. The summed E-state index contributed by atoms with van der Waals surface area (Å²) in [6.45, 7) is 5.74. The van der Waals surface area contributed by atoms with Gasteiger partial charge in [0.1, 0.15) is 16.7 Å². The van der Waals surface area contributed by atoms with Crippen LogP contribution >= 0.6 is 0 Å². The van der Waals surface area contributed by atoms with Crippen LogP contribution in [-0.4, -0.2) is 4.98 Å². The van der Waals surface area contributed by atoms with E-state index in [1.807, 2.05) is 51.1 Å². The van der Waals surface area contributed by atoms with Gasteiger partial charge in [-0.3, -0.25) is 4.98 Å². The second kappa shape index (κ2) is 9.71. The van der Waals surface area contributed by atoms with Crippen LogP contribution < -0.4 is 0 Å². The first-order valence-corrected chi connectivity index (χ1v) is 14.6. The molecule has 0 bridgehead atoms. The molecule has 8 rings (SSSR count). The van der Waals surface area contributed by atoms with Crippen LogP contribution in [0.5, 0.6) is 0 Å². The Hall–Kier alpha value is -5.15. The Labute approximate surface area is 253 Å². The zero-order chi connectivity index (χ0) is 30.9. The molecule has 0 aliphatic rings. The maximum atomic E-state index is 8.74. The molecule has 0 fully saturated rings. The van der Waals surface area contributed by atoms with Crippen molar-refractivity contribution < 1.29 is 11.6 Å². The van der Waals surface area contributed by atoms with Gasteiger partial charge in [-0.1, -0.05) is 112 Å². The van der Waals surface area contributed by atoms with Crippen molar-refractivity contribution >= 4 is 43.9 Å². The lowest BCUT2D eigenvalue weighted by atomic mass is 9.88. The Balaban J connectivity index is 1.35. The van der Waals surface area contributed by atoms with E-state index in [9.17, 15) is 0 Å². The van der Waals surface area contributed by atoms with Crippen LogP contribution in [0.25, 0.3) is 77.4 Å². The average molecular weight is 560 g/mol. The number of aromatic nitrogens is 1. The molecule has 0 spiro atoms. The molecule has 0 saturated carbocycles. The van der Waals surface area contributed by atoms with Gasteiger partial charge in [-0.05, 0) is 58.3 Å². The number of para-hydroxylation sites is 1. The quantitative estimate of drug-likeness (QED) is 0.215. The summed E-state index contributed by atoms with van der Waals surface area (Å²) in [6, 6.07) is 39.1. The number of furan rings is 2. The van der Waals surface area contributed by atoms with E-state index in [4.69, 9.17) is 16.6 Å². The summed E-state index contributed by atoms with van der Waals surface area (Å²) in [5.74, 6) is 0. The van der Waals surface area contributed by atoms with Crippen LogP contribution in [0, 0.1) is 5.41 Å². The first-order valence-electron chi connectivity index (χ1n) is 15.6. The molecule has 5 aromatic carbocycles. The highest BCUT2D eigenvalue weighted by atomic mass is 16.3. The number of hydrogen-bond donors (Lipinski definition) is 0. The van der Waals surface area contributed by atoms with Gasteiger partial charge in [0.15, 0.2) is 5.58 Å². The topological polar surface area (TPSA) is 39.2 Å². The van der Waals surface area contributed by atoms with E-state index in [1.165, 1.54) is 0 Å². The molecule has 8 aromatic rings. The van der Waals surface area contributed by atoms with E-state index in [1.54, 1.807) is 6.20 Å². The summed E-state index contributed by atoms with van der Waals surface area (Å²) in [5.41, 5.74) is 9.07. The lowest BCUT2D eigenvalue weighted by Gasteiger charge is -2.17. The molecule has 0 N–H and O–H groups in total. The van der Waals surface area contributed by atoms with Crippen molar-refractivity contribution in [1.29, 1.82) is 0 Å². The van der Waals surface area contributed by atoms with E-state index >= 15 is 0 Å². The molecule has 0 aliphatic heterocycles. The van der Waals surface area contributed by atoms with Gasteiger partial charge in [-0.2, -0.15) is 0 Å². The lowest BCUT2D eigenvalue weighted by molar-refractivity contribution is 0.411. The molecule has 3 heteroatoms. The molecule has 0 atom stereocenters. The third kappa shape index (κ3) is 4.40. The number of nitrogens with zero attached hydrogens (tertiary/aromatic N) is 1. The SMILES string of the molecule is [2H]C([2H])(c1ccc2c(c1)oc1cnc(-c3cccc4c3oc3c(-c5ccccc5)ccc(-c5ccccc5)c34)cc12)C(C)(C)C. The Morgan fingerprint density at radius 2 is 1.33 bits per heavy atom. The fourth-order valence-electron chi connectivity index (χ4n) is 6.15. The molecule has 3 aromatic heterocycles. The Morgan fingerprint density at radius 1 is 0.605 bits per heavy atom. The maximum absolute atomic E-state index is 8.74. The van der Waals surface area contributed by atoms with Crippen molar-refractivity contribution in [3.05, 3.63) is 127 Å². The monoisotopic (exact) mass is 559 g/mol. The van der Waals surface area contributed by atoms with E-state index in [2.05, 4.69) is 84.9 Å². The number of rotatable bonds is 4. The van der Waals surface area contributed by atoms with E-state index in [0.29, 0.717) is 16.7 Å². The summed E-state index contributed by atoms with van der Waals surface area (Å²) < 4.78 is 30.5. The highest BCUT2D eigenvalue weighted by Crippen LogP contribution is 2.44. The van der Waals surface area contributed by atoms with Crippen molar-refractivity contribution in [2.24, 2.45) is 5.41 Å². The maximum Gasteiger partial charge on any atom is 0.153 e. The summed E-state index contributed by atoms with van der Waals surface area (Å²) in [4.78, 5) is 4.84. The predicted molar refractivity (Wildman–Crippen MR) is 178 cm³/mol. The molecule has 0 aliphatic carbocycles. The normalized spacial score (nSPS) is 13.2. The number of fused-ring (bicyclic) bond motifs is 6. The van der Waals surface area contributed by atoms with Crippen molar-refractivity contribution in [1.82, 2.24) is 4.98 Å². The van der Waals surface area contributed by atoms with Gasteiger partial charge in [0.2, 0.25) is 0 Å². The lowest BCUT2D eigenvalue weighted by Crippen LogP contribution is -2.08. The summed E-state index contributed by atoms with van der Waals surface area (Å²) in [7, 11) is 0. The molecule has 0 unspecified atom stereocenters. The third-order valence-corrected chi connectivity index (χ3v) is 7.97. The fraction of sp³-hybridized carbons (Fsp3) is 0.125. The van der Waals surface area contributed by atoms with Crippen molar-refractivity contribution in [2.45, 2.75) is 27.1 Å². The molecule has 0 radical (unpaired) electrons. The summed E-state index contributed by atoms with van der Waals surface area (Å²) >= 11 is 0. The minimum absolute atomic E-state index is 0.562. The Morgan fingerprint density at radius 3 is 2.07 bits per heavy atom. The van der Waals surface area contributed by atoms with Crippen LogP contribution in [0.4, 0.5) is 0 Å². The van der Waals surface area contributed by atoms with Gasteiger partial charge in [-0.15, -0.1) is 0 Å². The van der Waals surface area contributed by atoms with Gasteiger partial charge in [0.25, 0.3) is 0 Å². The van der Waals surface area contributed by atoms with Crippen LogP contribution in [0.1, 0.15) is 29.1 Å². The second-order valence-corrected chi connectivity index (χ2v) is 12.1. The highest BCUT2D eigenvalue weighted by molar-refractivity contribution is 6.18. The third-order valence-electron chi connectivity index (χ3n) is 7.97. The van der Waals surface area contributed by atoms with E-state index in [-0.39, 0.29) is 0 Å². The molecular formula is C40H31NO2. The second-order valence-electron chi connectivity index (χ2n) is 12.1. The average Bonchev–Trinajstić information content (AvgIpc) is 3.63. The van der Waals surface area contributed by atoms with Crippen LogP contribution in [-0.2, 0) is 6.37 Å². The van der Waals surface area contributed by atoms with Crippen molar-refractivity contribution in [3.8, 4) is 33.5 Å². The molecule has 208 valence electrons. The van der Waals surface area contributed by atoms with E-state index in [0.717, 1.165) is 66.2 Å². The Bertz CT molecular complexity index is 2380. The minimum atomic E-state index is -1.52. The van der Waals surface area contributed by atoms with Crippen LogP contribution in [0.3, 0.4) is 0 Å². The van der Waals surface area contributed by atoms with E-state index < -0.39 is 11.8 Å². The minimum Gasteiger partial charge on any atom is -0.455 e. The smallest absolute Gasteiger partial charge is 0.153 e. The zero-order valence-corrected chi connectivity index (χ0v) is 24.3. The molecule has 3 nitrogen and oxygen atoms in total. The number of hydrogen-bond acceptors (Lipinski definition) is 3. The van der Waals surface area contributed by atoms with Crippen LogP contribution in [0.15, 0.2) is 130 Å².